The fraction of sp³-hybridized carbons (Fsp3) is 0.933. The molecule has 0 aromatic rings. The SMILES string of the molecule is CN1CCN(CCCNC(=O)C2CC3CCC2N3)CC1. The maximum atomic E-state index is 12.2. The highest BCUT2D eigenvalue weighted by atomic mass is 16.1. The highest BCUT2D eigenvalue weighted by Crippen LogP contribution is 2.33. The lowest BCUT2D eigenvalue weighted by molar-refractivity contribution is -0.125. The number of fused-ring (bicyclic) bond motifs is 2. The fourth-order valence-corrected chi connectivity index (χ4v) is 3.83. The molecule has 20 heavy (non-hydrogen) atoms. The smallest absolute Gasteiger partial charge is 0.224 e. The topological polar surface area (TPSA) is 47.6 Å². The molecular weight excluding hydrogens is 252 g/mol. The first-order valence-corrected chi connectivity index (χ1v) is 8.17. The Hall–Kier alpha value is -0.650. The van der Waals surface area contributed by atoms with E-state index in [2.05, 4.69) is 27.5 Å². The molecule has 114 valence electrons. The Kier molecular flexibility index (Phi) is 4.58. The number of hydrogen-bond acceptors (Lipinski definition) is 4. The number of carbonyl (C=O) groups excluding carboxylic acids is 1. The number of nitrogens with zero attached hydrogens (tertiary/aromatic N) is 2. The molecule has 0 radical (unpaired) electrons. The summed E-state index contributed by atoms with van der Waals surface area (Å²) in [6.07, 6.45) is 4.57. The molecule has 2 bridgehead atoms. The molecule has 3 saturated heterocycles. The number of piperazine rings is 1. The Morgan fingerprint density at radius 3 is 2.70 bits per heavy atom. The molecule has 3 aliphatic heterocycles. The van der Waals surface area contributed by atoms with E-state index in [0.29, 0.717) is 12.1 Å². The number of hydrogen-bond donors (Lipinski definition) is 2. The van der Waals surface area contributed by atoms with Crippen LogP contribution in [0.25, 0.3) is 0 Å². The van der Waals surface area contributed by atoms with E-state index in [1.165, 1.54) is 39.0 Å². The zero-order valence-electron chi connectivity index (χ0n) is 12.6. The Morgan fingerprint density at radius 2 is 2.05 bits per heavy atom. The van der Waals surface area contributed by atoms with Crippen molar-refractivity contribution >= 4 is 5.91 Å². The van der Waals surface area contributed by atoms with Gasteiger partial charge in [0.2, 0.25) is 5.91 Å². The molecule has 3 unspecified atom stereocenters. The first kappa shape index (κ1) is 14.3. The number of likely N-dealkylation sites (N-methyl/N-ethyl adjacent to an activating group) is 1. The van der Waals surface area contributed by atoms with E-state index < -0.39 is 0 Å². The molecule has 3 fully saturated rings. The van der Waals surface area contributed by atoms with E-state index >= 15 is 0 Å². The predicted octanol–water partition coefficient (Wildman–Crippen LogP) is -0.119. The number of nitrogens with one attached hydrogen (secondary N) is 2. The van der Waals surface area contributed by atoms with E-state index in [9.17, 15) is 4.79 Å². The van der Waals surface area contributed by atoms with Crippen molar-refractivity contribution in [1.82, 2.24) is 20.4 Å². The van der Waals surface area contributed by atoms with Crippen LogP contribution in [0.1, 0.15) is 25.7 Å². The summed E-state index contributed by atoms with van der Waals surface area (Å²) in [5.41, 5.74) is 0. The van der Waals surface area contributed by atoms with Crippen molar-refractivity contribution < 1.29 is 4.79 Å². The van der Waals surface area contributed by atoms with Gasteiger partial charge in [-0.15, -0.1) is 0 Å². The molecule has 0 aliphatic carbocycles. The molecule has 5 heteroatoms. The monoisotopic (exact) mass is 280 g/mol. The summed E-state index contributed by atoms with van der Waals surface area (Å²) >= 11 is 0. The van der Waals surface area contributed by atoms with Gasteiger partial charge in [-0.3, -0.25) is 4.79 Å². The largest absolute Gasteiger partial charge is 0.356 e. The van der Waals surface area contributed by atoms with Crippen LogP contribution in [-0.4, -0.2) is 74.1 Å². The second kappa shape index (κ2) is 6.41. The average Bonchev–Trinajstić information content (AvgIpc) is 3.08. The van der Waals surface area contributed by atoms with Gasteiger partial charge in [0, 0.05) is 44.8 Å². The zero-order chi connectivity index (χ0) is 13.9. The van der Waals surface area contributed by atoms with Gasteiger partial charge in [0.05, 0.1) is 5.92 Å². The highest BCUT2D eigenvalue weighted by Gasteiger charge is 2.42. The molecule has 3 heterocycles. The van der Waals surface area contributed by atoms with Crippen LogP contribution in [-0.2, 0) is 4.79 Å². The van der Waals surface area contributed by atoms with Gasteiger partial charge in [0.15, 0.2) is 0 Å². The molecule has 0 aromatic carbocycles. The molecule has 3 rings (SSSR count). The van der Waals surface area contributed by atoms with Crippen molar-refractivity contribution in [2.75, 3.05) is 46.3 Å². The normalized spacial score (nSPS) is 34.5. The molecule has 2 N–H and O–H groups in total. The Bertz CT molecular complexity index is 341. The molecule has 5 nitrogen and oxygen atoms in total. The minimum Gasteiger partial charge on any atom is -0.356 e. The van der Waals surface area contributed by atoms with Crippen LogP contribution in [0.5, 0.6) is 0 Å². The van der Waals surface area contributed by atoms with Crippen molar-refractivity contribution in [3.8, 4) is 0 Å². The lowest BCUT2D eigenvalue weighted by Gasteiger charge is -2.32. The van der Waals surface area contributed by atoms with Gasteiger partial charge in [-0.2, -0.15) is 0 Å². The van der Waals surface area contributed by atoms with Gasteiger partial charge in [-0.25, -0.2) is 0 Å². The van der Waals surface area contributed by atoms with Crippen LogP contribution in [0.15, 0.2) is 0 Å². The summed E-state index contributed by atoms with van der Waals surface area (Å²) < 4.78 is 0. The van der Waals surface area contributed by atoms with Crippen molar-refractivity contribution in [2.24, 2.45) is 5.92 Å². The Morgan fingerprint density at radius 1 is 1.25 bits per heavy atom. The average molecular weight is 280 g/mol. The summed E-state index contributed by atoms with van der Waals surface area (Å²) in [5.74, 6) is 0.514. The van der Waals surface area contributed by atoms with Crippen LogP contribution >= 0.6 is 0 Å². The summed E-state index contributed by atoms with van der Waals surface area (Å²) in [5, 5.41) is 6.67. The fourth-order valence-electron chi connectivity index (χ4n) is 3.83. The van der Waals surface area contributed by atoms with Gasteiger partial charge in [-0.1, -0.05) is 0 Å². The van der Waals surface area contributed by atoms with Crippen LogP contribution in [0.2, 0.25) is 0 Å². The van der Waals surface area contributed by atoms with Crippen LogP contribution in [0, 0.1) is 5.92 Å². The molecule has 3 atom stereocenters. The van der Waals surface area contributed by atoms with E-state index in [-0.39, 0.29) is 11.8 Å². The third-order valence-corrected chi connectivity index (χ3v) is 5.18. The lowest BCUT2D eigenvalue weighted by atomic mass is 9.88. The number of amides is 1. The van der Waals surface area contributed by atoms with E-state index in [0.717, 1.165) is 25.9 Å². The van der Waals surface area contributed by atoms with Crippen LogP contribution in [0.4, 0.5) is 0 Å². The Balaban J connectivity index is 1.29. The maximum absolute atomic E-state index is 12.2. The van der Waals surface area contributed by atoms with Gasteiger partial charge in [-0.05, 0) is 39.3 Å². The molecule has 1 amide bonds. The number of rotatable bonds is 5. The number of carbonyl (C=O) groups is 1. The minimum absolute atomic E-state index is 0.234. The summed E-state index contributed by atoms with van der Waals surface area (Å²) in [6.45, 7) is 6.62. The maximum Gasteiger partial charge on any atom is 0.224 e. The zero-order valence-corrected chi connectivity index (χ0v) is 12.6. The van der Waals surface area contributed by atoms with Crippen molar-refractivity contribution in [2.45, 2.75) is 37.8 Å². The van der Waals surface area contributed by atoms with Gasteiger partial charge in [0.25, 0.3) is 0 Å². The van der Waals surface area contributed by atoms with E-state index in [4.69, 9.17) is 0 Å². The van der Waals surface area contributed by atoms with Crippen molar-refractivity contribution in [3.05, 3.63) is 0 Å². The second-order valence-corrected chi connectivity index (χ2v) is 6.68. The Labute approximate surface area is 122 Å². The molecule has 0 aromatic heterocycles. The van der Waals surface area contributed by atoms with Crippen molar-refractivity contribution in [3.63, 3.8) is 0 Å². The summed E-state index contributed by atoms with van der Waals surface area (Å²) in [7, 11) is 2.18. The summed E-state index contributed by atoms with van der Waals surface area (Å²) in [6, 6.07) is 1.07. The van der Waals surface area contributed by atoms with E-state index in [1.54, 1.807) is 0 Å². The quantitative estimate of drug-likeness (QED) is 0.690. The summed E-state index contributed by atoms with van der Waals surface area (Å²) in [4.78, 5) is 17.0. The molecule has 3 aliphatic rings. The third-order valence-electron chi connectivity index (χ3n) is 5.18. The van der Waals surface area contributed by atoms with Gasteiger partial charge in [0.1, 0.15) is 0 Å². The van der Waals surface area contributed by atoms with Crippen LogP contribution in [0.3, 0.4) is 0 Å². The second-order valence-electron chi connectivity index (χ2n) is 6.68. The lowest BCUT2D eigenvalue weighted by Crippen LogP contribution is -2.45. The van der Waals surface area contributed by atoms with Crippen LogP contribution < -0.4 is 10.6 Å². The highest BCUT2D eigenvalue weighted by molar-refractivity contribution is 5.80. The molecule has 0 saturated carbocycles. The first-order valence-electron chi connectivity index (χ1n) is 8.17. The first-order chi connectivity index (χ1) is 9.72. The van der Waals surface area contributed by atoms with Gasteiger partial charge >= 0.3 is 0 Å². The molecular formula is C15H28N4O. The standard InChI is InChI=1S/C15H28N4O/c1-18-7-9-19(10-8-18)6-2-5-16-15(20)13-11-12-3-4-14(13)17-12/h12-14,17H,2-11H2,1H3,(H,16,20). The molecule has 0 spiro atoms. The predicted molar refractivity (Wildman–Crippen MR) is 79.6 cm³/mol. The van der Waals surface area contributed by atoms with Gasteiger partial charge < -0.3 is 20.4 Å². The van der Waals surface area contributed by atoms with Crippen molar-refractivity contribution in [1.29, 1.82) is 0 Å². The van der Waals surface area contributed by atoms with E-state index in [1.807, 2.05) is 0 Å². The minimum atomic E-state index is 0.234. The third kappa shape index (κ3) is 3.32.